The molecule has 0 fully saturated rings. The van der Waals surface area contributed by atoms with Crippen LogP contribution in [-0.4, -0.2) is 12.5 Å². The average Bonchev–Trinajstić information content (AvgIpc) is 2.41. The second-order valence-corrected chi connectivity index (χ2v) is 4.66. The number of hydrogen-bond acceptors (Lipinski definition) is 3. The SMILES string of the molecule is CCOc1cc(C)ccc1NC(=O)c1cc(N)cc(F)c1. The zero-order valence-electron chi connectivity index (χ0n) is 11.9. The predicted octanol–water partition coefficient (Wildman–Crippen LogP) is 3.37. The van der Waals surface area contributed by atoms with Crippen LogP contribution in [0.2, 0.25) is 0 Å². The fourth-order valence-electron chi connectivity index (χ4n) is 1.95. The molecule has 110 valence electrons. The summed E-state index contributed by atoms with van der Waals surface area (Å²) in [4.78, 5) is 12.2. The molecule has 21 heavy (non-hydrogen) atoms. The third kappa shape index (κ3) is 3.72. The number of rotatable bonds is 4. The van der Waals surface area contributed by atoms with E-state index >= 15 is 0 Å². The number of benzene rings is 2. The standard InChI is InChI=1S/C16H17FN2O2/c1-3-21-15-6-10(2)4-5-14(15)19-16(20)11-7-12(17)9-13(18)8-11/h4-9H,3,18H2,1-2H3,(H,19,20). The largest absolute Gasteiger partial charge is 0.492 e. The molecule has 0 spiro atoms. The highest BCUT2D eigenvalue weighted by molar-refractivity contribution is 6.05. The maximum Gasteiger partial charge on any atom is 0.255 e. The zero-order chi connectivity index (χ0) is 15.4. The number of nitrogens with two attached hydrogens (primary N) is 1. The van der Waals surface area contributed by atoms with Gasteiger partial charge in [0.2, 0.25) is 0 Å². The Morgan fingerprint density at radius 3 is 2.71 bits per heavy atom. The van der Waals surface area contributed by atoms with Crippen LogP contribution < -0.4 is 15.8 Å². The third-order valence-electron chi connectivity index (χ3n) is 2.87. The molecule has 2 aromatic rings. The van der Waals surface area contributed by atoms with Gasteiger partial charge in [-0.05, 0) is 49.7 Å². The Morgan fingerprint density at radius 1 is 1.29 bits per heavy atom. The number of nitrogens with one attached hydrogen (secondary N) is 1. The number of hydrogen-bond donors (Lipinski definition) is 2. The van der Waals surface area contributed by atoms with E-state index in [1.807, 2.05) is 26.0 Å². The molecule has 0 radical (unpaired) electrons. The Morgan fingerprint density at radius 2 is 2.05 bits per heavy atom. The molecule has 4 nitrogen and oxygen atoms in total. The van der Waals surface area contributed by atoms with Crippen LogP contribution in [0, 0.1) is 12.7 Å². The molecule has 0 heterocycles. The van der Waals surface area contributed by atoms with E-state index in [0.717, 1.165) is 17.7 Å². The zero-order valence-corrected chi connectivity index (χ0v) is 11.9. The lowest BCUT2D eigenvalue weighted by Crippen LogP contribution is -2.13. The minimum atomic E-state index is -0.547. The summed E-state index contributed by atoms with van der Waals surface area (Å²) < 4.78 is 18.8. The molecule has 0 bridgehead atoms. The van der Waals surface area contributed by atoms with Crippen molar-refractivity contribution in [3.8, 4) is 5.75 Å². The summed E-state index contributed by atoms with van der Waals surface area (Å²) in [6.07, 6.45) is 0. The molecule has 0 aliphatic heterocycles. The van der Waals surface area contributed by atoms with E-state index in [0.29, 0.717) is 18.0 Å². The molecule has 3 N–H and O–H groups in total. The normalized spacial score (nSPS) is 10.2. The van der Waals surface area contributed by atoms with Crippen molar-refractivity contribution in [3.05, 3.63) is 53.3 Å². The minimum absolute atomic E-state index is 0.163. The number of halogens is 1. The first-order chi connectivity index (χ1) is 9.99. The second kappa shape index (κ2) is 6.26. The minimum Gasteiger partial charge on any atom is -0.492 e. The highest BCUT2D eigenvalue weighted by Gasteiger charge is 2.12. The lowest BCUT2D eigenvalue weighted by atomic mass is 10.1. The monoisotopic (exact) mass is 288 g/mol. The number of anilines is 2. The van der Waals surface area contributed by atoms with E-state index in [1.165, 1.54) is 6.07 Å². The van der Waals surface area contributed by atoms with Crippen molar-refractivity contribution in [2.75, 3.05) is 17.7 Å². The van der Waals surface area contributed by atoms with Crippen molar-refractivity contribution in [1.82, 2.24) is 0 Å². The average molecular weight is 288 g/mol. The first-order valence-electron chi connectivity index (χ1n) is 6.60. The molecule has 0 saturated carbocycles. The number of amides is 1. The van der Waals surface area contributed by atoms with Gasteiger partial charge >= 0.3 is 0 Å². The molecule has 1 amide bonds. The van der Waals surface area contributed by atoms with Gasteiger partial charge in [-0.25, -0.2) is 4.39 Å². The van der Waals surface area contributed by atoms with Crippen molar-refractivity contribution in [3.63, 3.8) is 0 Å². The van der Waals surface area contributed by atoms with Gasteiger partial charge in [-0.3, -0.25) is 4.79 Å². The van der Waals surface area contributed by atoms with Crippen LogP contribution in [0.5, 0.6) is 5.75 Å². The Kier molecular flexibility index (Phi) is 4.42. The summed E-state index contributed by atoms with van der Waals surface area (Å²) in [6.45, 7) is 4.28. The lowest BCUT2D eigenvalue weighted by molar-refractivity contribution is 0.102. The molecule has 0 unspecified atom stereocenters. The van der Waals surface area contributed by atoms with E-state index in [1.54, 1.807) is 6.07 Å². The molecule has 0 aliphatic rings. The molecule has 0 aliphatic carbocycles. The van der Waals surface area contributed by atoms with Crippen LogP contribution in [-0.2, 0) is 0 Å². The van der Waals surface area contributed by atoms with Crippen molar-refractivity contribution in [2.24, 2.45) is 0 Å². The van der Waals surface area contributed by atoms with Crippen LogP contribution >= 0.6 is 0 Å². The number of ether oxygens (including phenoxy) is 1. The Balaban J connectivity index is 2.26. The second-order valence-electron chi connectivity index (χ2n) is 4.66. The van der Waals surface area contributed by atoms with Crippen LogP contribution in [0.25, 0.3) is 0 Å². The maximum atomic E-state index is 13.3. The number of carbonyl (C=O) groups excluding carboxylic acids is 1. The molecule has 0 atom stereocenters. The van der Waals surface area contributed by atoms with Gasteiger partial charge in [0.25, 0.3) is 5.91 Å². The van der Waals surface area contributed by atoms with E-state index < -0.39 is 11.7 Å². The van der Waals surface area contributed by atoms with Crippen molar-refractivity contribution < 1.29 is 13.9 Å². The van der Waals surface area contributed by atoms with Gasteiger partial charge in [0.05, 0.1) is 12.3 Å². The number of carbonyl (C=O) groups is 1. The topological polar surface area (TPSA) is 64.3 Å². The van der Waals surface area contributed by atoms with Gasteiger partial charge in [-0.2, -0.15) is 0 Å². The van der Waals surface area contributed by atoms with Crippen LogP contribution in [0.15, 0.2) is 36.4 Å². The summed E-state index contributed by atoms with van der Waals surface area (Å²) in [5.74, 6) is -0.407. The van der Waals surface area contributed by atoms with E-state index in [-0.39, 0.29) is 11.3 Å². The molecule has 2 rings (SSSR count). The van der Waals surface area contributed by atoms with Crippen LogP contribution in [0.3, 0.4) is 0 Å². The lowest BCUT2D eigenvalue weighted by Gasteiger charge is -2.12. The van der Waals surface area contributed by atoms with E-state index in [9.17, 15) is 9.18 Å². The number of nitrogen functional groups attached to an aromatic ring is 1. The van der Waals surface area contributed by atoms with Crippen molar-refractivity contribution in [1.29, 1.82) is 0 Å². The maximum absolute atomic E-state index is 13.3. The first kappa shape index (κ1) is 14.8. The van der Waals surface area contributed by atoms with Gasteiger partial charge in [0.15, 0.2) is 0 Å². The van der Waals surface area contributed by atoms with Crippen molar-refractivity contribution >= 4 is 17.3 Å². The summed E-state index contributed by atoms with van der Waals surface area (Å²) in [7, 11) is 0. The molecule has 2 aromatic carbocycles. The molecule has 0 aromatic heterocycles. The van der Waals surface area contributed by atoms with Gasteiger partial charge < -0.3 is 15.8 Å². The third-order valence-corrected chi connectivity index (χ3v) is 2.87. The Bertz CT molecular complexity index is 651. The van der Waals surface area contributed by atoms with Gasteiger partial charge in [0.1, 0.15) is 11.6 Å². The summed E-state index contributed by atoms with van der Waals surface area (Å²) in [6, 6.07) is 9.17. The van der Waals surface area contributed by atoms with Gasteiger partial charge in [-0.1, -0.05) is 6.07 Å². The first-order valence-corrected chi connectivity index (χ1v) is 6.60. The van der Waals surface area contributed by atoms with Gasteiger partial charge in [-0.15, -0.1) is 0 Å². The molecule has 5 heteroatoms. The molecular formula is C16H17FN2O2. The van der Waals surface area contributed by atoms with Crippen LogP contribution in [0.1, 0.15) is 22.8 Å². The quantitative estimate of drug-likeness (QED) is 0.848. The fraction of sp³-hybridized carbons (Fsp3) is 0.188. The van der Waals surface area contributed by atoms with Crippen LogP contribution in [0.4, 0.5) is 15.8 Å². The smallest absolute Gasteiger partial charge is 0.255 e. The summed E-state index contributed by atoms with van der Waals surface area (Å²) in [5.41, 5.74) is 7.47. The number of aryl methyl sites for hydroxylation is 1. The summed E-state index contributed by atoms with van der Waals surface area (Å²) in [5, 5.41) is 2.71. The Labute approximate surface area is 122 Å². The predicted molar refractivity (Wildman–Crippen MR) is 81.1 cm³/mol. The van der Waals surface area contributed by atoms with E-state index in [4.69, 9.17) is 10.5 Å². The molecule has 0 saturated heterocycles. The highest BCUT2D eigenvalue weighted by Crippen LogP contribution is 2.26. The van der Waals surface area contributed by atoms with Gasteiger partial charge in [0, 0.05) is 11.3 Å². The summed E-state index contributed by atoms with van der Waals surface area (Å²) >= 11 is 0. The van der Waals surface area contributed by atoms with Crippen molar-refractivity contribution in [2.45, 2.75) is 13.8 Å². The fourth-order valence-corrected chi connectivity index (χ4v) is 1.95. The highest BCUT2D eigenvalue weighted by atomic mass is 19.1. The Hall–Kier alpha value is -2.56. The van der Waals surface area contributed by atoms with E-state index in [2.05, 4.69) is 5.32 Å². The molecular weight excluding hydrogens is 271 g/mol.